The summed E-state index contributed by atoms with van der Waals surface area (Å²) >= 11 is 0. The smallest absolute Gasteiger partial charge is 0.0318 e. The zero-order valence-corrected chi connectivity index (χ0v) is 26.9. The van der Waals surface area contributed by atoms with Crippen molar-refractivity contribution in [3.05, 3.63) is 23.5 Å². The van der Waals surface area contributed by atoms with E-state index in [1.165, 1.54) is 64.2 Å². The molecule has 0 radical (unpaired) electrons. The Labute approximate surface area is 237 Å². The van der Waals surface area contributed by atoms with Crippen LogP contribution in [0.5, 0.6) is 0 Å². The third kappa shape index (κ3) is 15.1. The van der Waals surface area contributed by atoms with E-state index in [4.69, 9.17) is 0 Å². The predicted molar refractivity (Wildman–Crippen MR) is 170 cm³/mol. The van der Waals surface area contributed by atoms with Gasteiger partial charge in [0.15, 0.2) is 0 Å². The van der Waals surface area contributed by atoms with Gasteiger partial charge in [0.05, 0.1) is 0 Å². The summed E-state index contributed by atoms with van der Waals surface area (Å²) in [5.41, 5.74) is 9.07. The molecule has 0 aromatic carbocycles. The Morgan fingerprint density at radius 1 is 0.553 bits per heavy atom. The first-order chi connectivity index (χ1) is 18.0. The topological polar surface area (TPSA) is 48.8 Å². The van der Waals surface area contributed by atoms with Crippen LogP contribution < -0.4 is 10.9 Å². The molecule has 0 amide bonds. The average molecular weight is 529 g/mol. The highest BCUT2D eigenvalue weighted by molar-refractivity contribution is 5.66. The van der Waals surface area contributed by atoms with Gasteiger partial charge in [-0.05, 0) is 111 Å². The van der Waals surface area contributed by atoms with Crippen LogP contribution in [0.25, 0.3) is 0 Å². The maximum atomic E-state index is 4.15. The fraction of sp³-hybridized carbons (Fsp3) is 0.824. The highest BCUT2D eigenvalue weighted by Gasteiger charge is 2.23. The van der Waals surface area contributed by atoms with Gasteiger partial charge in [0.1, 0.15) is 0 Å². The second-order valence-electron chi connectivity index (χ2n) is 13.9. The molecule has 0 bridgehead atoms. The van der Waals surface area contributed by atoms with E-state index in [9.17, 15) is 0 Å². The standard InChI is InChI=1S/2C13H22N2.2C4H10/c2*1-10(2)11-4-3-5-12-8-14-15-9-13(12)7-6-11;2*1-4(2)3/h2*8-11,13-14H,3-7H2,1-2H3;2*4H,1-3H3. The molecule has 2 saturated carbocycles. The fourth-order valence-corrected chi connectivity index (χ4v) is 5.49. The molecule has 2 N–H and O–H groups in total. The molecule has 38 heavy (non-hydrogen) atoms. The van der Waals surface area contributed by atoms with E-state index in [0.717, 1.165) is 35.5 Å². The molecule has 0 saturated heterocycles. The summed E-state index contributed by atoms with van der Waals surface area (Å²) in [7, 11) is 0. The Morgan fingerprint density at radius 2 is 0.895 bits per heavy atom. The molecule has 0 aromatic rings. The molecule has 0 spiro atoms. The number of hydrazone groups is 2. The Hall–Kier alpha value is -1.58. The molecule has 2 fully saturated rings. The van der Waals surface area contributed by atoms with Crippen LogP contribution in [0.1, 0.15) is 133 Å². The largest absolute Gasteiger partial charge is 0.286 e. The van der Waals surface area contributed by atoms with E-state index in [1.54, 1.807) is 11.1 Å². The van der Waals surface area contributed by atoms with Crippen LogP contribution in [0.4, 0.5) is 0 Å². The fourth-order valence-electron chi connectivity index (χ4n) is 5.49. The van der Waals surface area contributed by atoms with Gasteiger partial charge in [-0.1, -0.05) is 69.2 Å². The highest BCUT2D eigenvalue weighted by atomic mass is 15.3. The lowest BCUT2D eigenvalue weighted by Gasteiger charge is -2.28. The maximum Gasteiger partial charge on any atom is 0.0318 e. The Kier molecular flexibility index (Phi) is 17.7. The van der Waals surface area contributed by atoms with Gasteiger partial charge < -0.3 is 0 Å². The molecular weight excluding hydrogens is 464 g/mol. The molecule has 4 atom stereocenters. The number of nitrogens with zero attached hydrogens (tertiary/aromatic N) is 2. The highest BCUT2D eigenvalue weighted by Crippen LogP contribution is 2.34. The van der Waals surface area contributed by atoms with E-state index < -0.39 is 0 Å². The van der Waals surface area contributed by atoms with E-state index in [2.05, 4.69) is 115 Å². The predicted octanol–water partition coefficient (Wildman–Crippen LogP) is 9.95. The van der Waals surface area contributed by atoms with Gasteiger partial charge in [0, 0.05) is 36.7 Å². The lowest BCUT2D eigenvalue weighted by Crippen LogP contribution is -2.21. The molecule has 4 nitrogen and oxygen atoms in total. The summed E-state index contributed by atoms with van der Waals surface area (Å²) in [6, 6.07) is 0. The summed E-state index contributed by atoms with van der Waals surface area (Å²) in [6.45, 7) is 22.4. The number of allylic oxidation sites excluding steroid dienone is 2. The van der Waals surface area contributed by atoms with Crippen LogP contribution in [0.3, 0.4) is 0 Å². The lowest BCUT2D eigenvalue weighted by atomic mass is 9.79. The molecule has 4 heteroatoms. The average Bonchev–Trinajstić information content (AvgIpc) is 2.79. The number of nitrogens with one attached hydrogen (secondary N) is 2. The third-order valence-corrected chi connectivity index (χ3v) is 7.77. The van der Waals surface area contributed by atoms with Crippen molar-refractivity contribution in [1.29, 1.82) is 0 Å². The third-order valence-electron chi connectivity index (χ3n) is 7.77. The first-order valence-electron chi connectivity index (χ1n) is 16.0. The normalized spacial score (nSPS) is 26.6. The molecule has 2 aliphatic heterocycles. The van der Waals surface area contributed by atoms with Gasteiger partial charge in [-0.2, -0.15) is 10.2 Å². The van der Waals surface area contributed by atoms with E-state index in [0.29, 0.717) is 11.8 Å². The van der Waals surface area contributed by atoms with E-state index in [1.807, 2.05) is 0 Å². The number of fused-ring (bicyclic) bond motifs is 2. The van der Waals surface area contributed by atoms with Crippen molar-refractivity contribution in [2.24, 2.45) is 57.5 Å². The Bertz CT molecular complexity index is 661. The van der Waals surface area contributed by atoms with Gasteiger partial charge >= 0.3 is 0 Å². The van der Waals surface area contributed by atoms with Crippen LogP contribution in [-0.4, -0.2) is 12.4 Å². The van der Waals surface area contributed by atoms with Crippen molar-refractivity contribution in [3.8, 4) is 0 Å². The summed E-state index contributed by atoms with van der Waals surface area (Å²) in [4.78, 5) is 0. The SMILES string of the molecule is CC(C)C.CC(C)C.CC(C)C1CCCC2=CNN=CC2CC1.CC(C)C1CCCC2=CNN=CC2CC1. The number of hydrogen-bond acceptors (Lipinski definition) is 4. The van der Waals surface area contributed by atoms with Gasteiger partial charge in [-0.15, -0.1) is 0 Å². The molecule has 4 unspecified atom stereocenters. The second-order valence-corrected chi connectivity index (χ2v) is 13.9. The maximum absolute atomic E-state index is 4.15. The van der Waals surface area contributed by atoms with E-state index in [-0.39, 0.29) is 0 Å². The van der Waals surface area contributed by atoms with Gasteiger partial charge in [-0.3, -0.25) is 10.9 Å². The summed E-state index contributed by atoms with van der Waals surface area (Å²) in [6.07, 6.45) is 21.7. The quantitative estimate of drug-likeness (QED) is 0.374. The molecule has 2 heterocycles. The summed E-state index contributed by atoms with van der Waals surface area (Å²) in [5.74, 6) is 6.44. The van der Waals surface area contributed by atoms with Crippen LogP contribution >= 0.6 is 0 Å². The molecule has 2 aliphatic carbocycles. The summed E-state index contributed by atoms with van der Waals surface area (Å²) < 4.78 is 0. The second kappa shape index (κ2) is 19.5. The van der Waals surface area contributed by atoms with E-state index >= 15 is 0 Å². The van der Waals surface area contributed by atoms with Crippen LogP contribution in [0.2, 0.25) is 0 Å². The first kappa shape index (κ1) is 34.4. The Balaban J connectivity index is 0.000000298. The van der Waals surface area contributed by atoms with Crippen molar-refractivity contribution < 1.29 is 0 Å². The number of hydrogen-bond donors (Lipinski definition) is 2. The van der Waals surface area contributed by atoms with Gasteiger partial charge in [0.2, 0.25) is 0 Å². The minimum absolute atomic E-state index is 0.618. The first-order valence-corrected chi connectivity index (χ1v) is 16.0. The zero-order valence-electron chi connectivity index (χ0n) is 26.9. The van der Waals surface area contributed by atoms with Crippen molar-refractivity contribution >= 4 is 12.4 Å². The molecular formula is C34H64N4. The van der Waals surface area contributed by atoms with Gasteiger partial charge in [-0.25, -0.2) is 0 Å². The van der Waals surface area contributed by atoms with Gasteiger partial charge in [0.25, 0.3) is 0 Å². The zero-order chi connectivity index (χ0) is 28.5. The molecule has 220 valence electrons. The molecule has 0 aromatic heterocycles. The van der Waals surface area contributed by atoms with Crippen LogP contribution in [-0.2, 0) is 0 Å². The van der Waals surface area contributed by atoms with Crippen molar-refractivity contribution in [1.82, 2.24) is 10.9 Å². The Morgan fingerprint density at radius 3 is 1.21 bits per heavy atom. The van der Waals surface area contributed by atoms with Crippen LogP contribution in [0.15, 0.2) is 33.7 Å². The minimum Gasteiger partial charge on any atom is -0.286 e. The number of rotatable bonds is 2. The monoisotopic (exact) mass is 529 g/mol. The molecule has 4 rings (SSSR count). The minimum atomic E-state index is 0.618. The van der Waals surface area contributed by atoms with Crippen molar-refractivity contribution in [2.45, 2.75) is 133 Å². The summed E-state index contributed by atoms with van der Waals surface area (Å²) in [5, 5.41) is 8.30. The lowest BCUT2D eigenvalue weighted by molar-refractivity contribution is 0.302. The van der Waals surface area contributed by atoms with Crippen molar-refractivity contribution in [3.63, 3.8) is 0 Å². The van der Waals surface area contributed by atoms with Crippen molar-refractivity contribution in [2.75, 3.05) is 0 Å². The van der Waals surface area contributed by atoms with Crippen LogP contribution in [0, 0.1) is 47.3 Å². The molecule has 4 aliphatic rings.